The first-order valence-electron chi connectivity index (χ1n) is 6.68. The normalized spacial score (nSPS) is 10.8. The SMILES string of the molecule is CCN(CC)CCCCOc1cccc(C)c1. The predicted octanol–water partition coefficient (Wildman–Crippen LogP) is 3.50. The van der Waals surface area contributed by atoms with E-state index in [1.165, 1.54) is 18.5 Å². The largest absolute Gasteiger partial charge is 0.494 e. The summed E-state index contributed by atoms with van der Waals surface area (Å²) in [7, 11) is 0. The van der Waals surface area contributed by atoms with Crippen LogP contribution in [-0.2, 0) is 0 Å². The zero-order chi connectivity index (χ0) is 12.5. The van der Waals surface area contributed by atoms with Gasteiger partial charge in [-0.3, -0.25) is 0 Å². The highest BCUT2D eigenvalue weighted by Gasteiger charge is 1.98. The molecule has 2 nitrogen and oxygen atoms in total. The highest BCUT2D eigenvalue weighted by Crippen LogP contribution is 2.12. The number of nitrogens with zero attached hydrogens (tertiary/aromatic N) is 1. The van der Waals surface area contributed by atoms with Crippen LogP contribution in [0.3, 0.4) is 0 Å². The van der Waals surface area contributed by atoms with Crippen LogP contribution in [0.5, 0.6) is 5.75 Å². The molecule has 0 aliphatic carbocycles. The maximum absolute atomic E-state index is 5.72. The van der Waals surface area contributed by atoms with Gasteiger partial charge >= 0.3 is 0 Å². The third kappa shape index (κ3) is 5.73. The molecule has 0 aromatic heterocycles. The molecule has 1 aromatic rings. The summed E-state index contributed by atoms with van der Waals surface area (Å²) >= 11 is 0. The van der Waals surface area contributed by atoms with Crippen molar-refractivity contribution in [1.29, 1.82) is 0 Å². The Bertz CT molecular complexity index is 308. The molecule has 1 aromatic carbocycles. The van der Waals surface area contributed by atoms with E-state index in [0.29, 0.717) is 0 Å². The second-order valence-corrected chi connectivity index (χ2v) is 4.40. The van der Waals surface area contributed by atoms with Gasteiger partial charge < -0.3 is 9.64 Å². The van der Waals surface area contributed by atoms with Gasteiger partial charge in [-0.2, -0.15) is 0 Å². The summed E-state index contributed by atoms with van der Waals surface area (Å²) in [5.74, 6) is 0.993. The molecular weight excluding hydrogens is 210 g/mol. The summed E-state index contributed by atoms with van der Waals surface area (Å²) in [5.41, 5.74) is 1.26. The molecule has 0 unspecified atom stereocenters. The van der Waals surface area contributed by atoms with Crippen LogP contribution in [0.4, 0.5) is 0 Å². The lowest BCUT2D eigenvalue weighted by molar-refractivity contribution is 0.266. The molecule has 0 N–H and O–H groups in total. The maximum Gasteiger partial charge on any atom is 0.119 e. The summed E-state index contributed by atoms with van der Waals surface area (Å²) in [6.45, 7) is 10.8. The molecule has 0 aliphatic rings. The fraction of sp³-hybridized carbons (Fsp3) is 0.600. The minimum atomic E-state index is 0.824. The van der Waals surface area contributed by atoms with Crippen molar-refractivity contribution in [2.24, 2.45) is 0 Å². The number of aryl methyl sites for hydroxylation is 1. The van der Waals surface area contributed by atoms with Gasteiger partial charge in [0.05, 0.1) is 6.61 Å². The molecule has 96 valence electrons. The Labute approximate surface area is 106 Å². The van der Waals surface area contributed by atoms with Gasteiger partial charge in [0.2, 0.25) is 0 Å². The molecule has 0 aliphatic heterocycles. The molecule has 0 bridgehead atoms. The molecule has 0 spiro atoms. The zero-order valence-corrected chi connectivity index (χ0v) is 11.4. The Kier molecular flexibility index (Phi) is 6.71. The number of ether oxygens (including phenoxy) is 1. The standard InChI is InChI=1S/C15H25NO/c1-4-16(5-2)11-6-7-12-17-15-10-8-9-14(3)13-15/h8-10,13H,4-7,11-12H2,1-3H3. The predicted molar refractivity (Wildman–Crippen MR) is 73.7 cm³/mol. The van der Waals surface area contributed by atoms with Gasteiger partial charge in [0.15, 0.2) is 0 Å². The Morgan fingerprint density at radius 2 is 1.88 bits per heavy atom. The van der Waals surface area contributed by atoms with Crippen molar-refractivity contribution in [2.75, 3.05) is 26.2 Å². The van der Waals surface area contributed by atoms with Crippen molar-refractivity contribution in [2.45, 2.75) is 33.6 Å². The van der Waals surface area contributed by atoms with Gasteiger partial charge in [-0.1, -0.05) is 26.0 Å². The number of unbranched alkanes of at least 4 members (excludes halogenated alkanes) is 1. The second kappa shape index (κ2) is 8.13. The molecule has 0 amide bonds. The minimum absolute atomic E-state index is 0.824. The Hall–Kier alpha value is -1.02. The van der Waals surface area contributed by atoms with Crippen molar-refractivity contribution < 1.29 is 4.74 Å². The first-order valence-corrected chi connectivity index (χ1v) is 6.68. The quantitative estimate of drug-likeness (QED) is 0.639. The summed E-state index contributed by atoms with van der Waals surface area (Å²) in [4.78, 5) is 2.45. The van der Waals surface area contributed by atoms with Crippen molar-refractivity contribution in [3.05, 3.63) is 29.8 Å². The highest BCUT2D eigenvalue weighted by molar-refractivity contribution is 5.27. The van der Waals surface area contributed by atoms with E-state index in [-0.39, 0.29) is 0 Å². The van der Waals surface area contributed by atoms with Gasteiger partial charge in [-0.25, -0.2) is 0 Å². The first-order chi connectivity index (χ1) is 8.26. The molecule has 0 fully saturated rings. The number of hydrogen-bond donors (Lipinski definition) is 0. The molecule has 1 rings (SSSR count). The van der Waals surface area contributed by atoms with Crippen LogP contribution in [0.1, 0.15) is 32.3 Å². The third-order valence-electron chi connectivity index (χ3n) is 3.02. The maximum atomic E-state index is 5.72. The lowest BCUT2D eigenvalue weighted by Gasteiger charge is -2.17. The van der Waals surface area contributed by atoms with Crippen LogP contribution in [0.25, 0.3) is 0 Å². The monoisotopic (exact) mass is 235 g/mol. The average Bonchev–Trinajstić information content (AvgIpc) is 2.34. The van der Waals surface area contributed by atoms with E-state index in [2.05, 4.69) is 37.8 Å². The van der Waals surface area contributed by atoms with Crippen molar-refractivity contribution in [3.63, 3.8) is 0 Å². The zero-order valence-electron chi connectivity index (χ0n) is 11.4. The fourth-order valence-electron chi connectivity index (χ4n) is 1.87. The van der Waals surface area contributed by atoms with Gasteiger partial charge in [0.25, 0.3) is 0 Å². The van der Waals surface area contributed by atoms with E-state index in [0.717, 1.165) is 31.9 Å². The Morgan fingerprint density at radius 3 is 2.53 bits per heavy atom. The Morgan fingerprint density at radius 1 is 1.12 bits per heavy atom. The molecular formula is C15H25NO. The molecule has 0 heterocycles. The van der Waals surface area contributed by atoms with Crippen LogP contribution < -0.4 is 4.74 Å². The average molecular weight is 235 g/mol. The van der Waals surface area contributed by atoms with E-state index < -0.39 is 0 Å². The van der Waals surface area contributed by atoms with Crippen molar-refractivity contribution >= 4 is 0 Å². The summed E-state index contributed by atoms with van der Waals surface area (Å²) in [5, 5.41) is 0. The highest BCUT2D eigenvalue weighted by atomic mass is 16.5. The number of benzene rings is 1. The topological polar surface area (TPSA) is 12.5 Å². The van der Waals surface area contributed by atoms with Crippen molar-refractivity contribution in [3.8, 4) is 5.75 Å². The fourth-order valence-corrected chi connectivity index (χ4v) is 1.87. The molecule has 0 radical (unpaired) electrons. The van der Waals surface area contributed by atoms with Crippen LogP contribution in [0.2, 0.25) is 0 Å². The molecule has 0 saturated heterocycles. The molecule has 0 atom stereocenters. The van der Waals surface area contributed by atoms with E-state index in [4.69, 9.17) is 4.74 Å². The van der Waals surface area contributed by atoms with E-state index in [1.54, 1.807) is 0 Å². The van der Waals surface area contributed by atoms with Crippen LogP contribution in [0.15, 0.2) is 24.3 Å². The van der Waals surface area contributed by atoms with E-state index in [9.17, 15) is 0 Å². The lowest BCUT2D eigenvalue weighted by atomic mass is 10.2. The van der Waals surface area contributed by atoms with Crippen LogP contribution >= 0.6 is 0 Å². The van der Waals surface area contributed by atoms with E-state index in [1.807, 2.05) is 12.1 Å². The van der Waals surface area contributed by atoms with Gasteiger partial charge in [0.1, 0.15) is 5.75 Å². The molecule has 2 heteroatoms. The van der Waals surface area contributed by atoms with Crippen LogP contribution in [0, 0.1) is 6.92 Å². The second-order valence-electron chi connectivity index (χ2n) is 4.40. The van der Waals surface area contributed by atoms with Crippen LogP contribution in [-0.4, -0.2) is 31.1 Å². The van der Waals surface area contributed by atoms with Gasteiger partial charge in [0, 0.05) is 0 Å². The molecule has 0 saturated carbocycles. The Balaban J connectivity index is 2.12. The number of hydrogen-bond acceptors (Lipinski definition) is 2. The first kappa shape index (κ1) is 14.0. The minimum Gasteiger partial charge on any atom is -0.494 e. The lowest BCUT2D eigenvalue weighted by Crippen LogP contribution is -2.24. The summed E-state index contributed by atoms with van der Waals surface area (Å²) in [6.07, 6.45) is 2.35. The summed E-state index contributed by atoms with van der Waals surface area (Å²) < 4.78 is 5.72. The summed E-state index contributed by atoms with van der Waals surface area (Å²) in [6, 6.07) is 8.25. The number of rotatable bonds is 8. The van der Waals surface area contributed by atoms with Crippen molar-refractivity contribution in [1.82, 2.24) is 4.90 Å². The smallest absolute Gasteiger partial charge is 0.119 e. The van der Waals surface area contributed by atoms with E-state index >= 15 is 0 Å². The van der Waals surface area contributed by atoms with Gasteiger partial charge in [-0.05, 0) is 57.1 Å². The third-order valence-corrected chi connectivity index (χ3v) is 3.02. The molecule has 17 heavy (non-hydrogen) atoms. The van der Waals surface area contributed by atoms with Gasteiger partial charge in [-0.15, -0.1) is 0 Å².